The van der Waals surface area contributed by atoms with E-state index in [4.69, 9.17) is 0 Å². The highest BCUT2D eigenvalue weighted by atomic mass is 79.9. The summed E-state index contributed by atoms with van der Waals surface area (Å²) in [6.07, 6.45) is 1.94. The number of likely N-dealkylation sites (N-methyl/N-ethyl adjacent to an activating group) is 1. The summed E-state index contributed by atoms with van der Waals surface area (Å²) in [6, 6.07) is 17.3. The van der Waals surface area contributed by atoms with Gasteiger partial charge >= 0.3 is 0 Å². The van der Waals surface area contributed by atoms with Crippen LogP contribution in [-0.2, 0) is 6.54 Å². The minimum atomic E-state index is 0. The van der Waals surface area contributed by atoms with Gasteiger partial charge in [-0.1, -0.05) is 61.2 Å². The largest absolute Gasteiger partial charge is 1.00 e. The zero-order valence-electron chi connectivity index (χ0n) is 13.1. The molecule has 2 aromatic rings. The molecule has 2 rings (SSSR count). The van der Waals surface area contributed by atoms with Crippen molar-refractivity contribution in [2.75, 3.05) is 20.6 Å². The predicted molar refractivity (Wildman–Crippen MR) is 87.2 cm³/mol. The van der Waals surface area contributed by atoms with Crippen molar-refractivity contribution in [1.29, 1.82) is 0 Å². The third-order valence-corrected chi connectivity index (χ3v) is 3.49. The van der Waals surface area contributed by atoms with E-state index in [2.05, 4.69) is 20.7 Å². The van der Waals surface area contributed by atoms with Crippen molar-refractivity contribution in [2.24, 2.45) is 0 Å². The molecular weight excluding hydrogens is 338 g/mol. The molecule has 22 heavy (non-hydrogen) atoms. The number of carbonyl (C=O) groups excluding carboxylic acids is 1. The monoisotopic (exact) mass is 359 g/mol. The van der Waals surface area contributed by atoms with Crippen molar-refractivity contribution >= 4 is 5.78 Å². The van der Waals surface area contributed by atoms with E-state index in [0.29, 0.717) is 0 Å². The van der Waals surface area contributed by atoms with E-state index in [1.807, 2.05) is 60.7 Å². The Morgan fingerprint density at radius 3 is 2.09 bits per heavy atom. The summed E-state index contributed by atoms with van der Waals surface area (Å²) in [7, 11) is 4.34. The van der Waals surface area contributed by atoms with Crippen molar-refractivity contribution in [3.63, 3.8) is 0 Å². The molecule has 0 spiro atoms. The molecule has 0 aliphatic heterocycles. The highest BCUT2D eigenvalue weighted by Crippen LogP contribution is 2.14. The molecule has 0 radical (unpaired) electrons. The van der Waals surface area contributed by atoms with Crippen molar-refractivity contribution in [2.45, 2.75) is 6.54 Å². The number of nitrogens with zero attached hydrogens (tertiary/aromatic N) is 1. The standard InChI is InChI=1S/C19H22NO.BrH/c1-4-14-20(2,3)15-16-10-12-18(13-11-16)19(21)17-8-6-5-7-9-17;/h4-13H,1,14-15H2,2-3H3;1H/q+1;/p-1. The quantitative estimate of drug-likeness (QED) is 0.421. The summed E-state index contributed by atoms with van der Waals surface area (Å²) in [5, 5.41) is 0. The zero-order chi connectivity index (χ0) is 15.3. The maximum Gasteiger partial charge on any atom is 0.193 e. The fourth-order valence-corrected chi connectivity index (χ4v) is 2.43. The third kappa shape index (κ3) is 4.93. The molecule has 3 heteroatoms. The molecule has 0 aliphatic rings. The molecule has 116 valence electrons. The lowest BCUT2D eigenvalue weighted by Crippen LogP contribution is -3.00. The van der Waals surface area contributed by atoms with Gasteiger partial charge in [-0.3, -0.25) is 4.79 Å². The summed E-state index contributed by atoms with van der Waals surface area (Å²) in [5.41, 5.74) is 2.69. The number of rotatable bonds is 6. The second-order valence-electron chi connectivity index (χ2n) is 5.96. The molecule has 0 saturated heterocycles. The predicted octanol–water partition coefficient (Wildman–Crippen LogP) is 0.684. The van der Waals surface area contributed by atoms with Crippen molar-refractivity contribution in [3.8, 4) is 0 Å². The van der Waals surface area contributed by atoms with Crippen molar-refractivity contribution in [3.05, 3.63) is 83.9 Å². The highest BCUT2D eigenvalue weighted by molar-refractivity contribution is 6.08. The minimum absolute atomic E-state index is 0. The zero-order valence-corrected chi connectivity index (χ0v) is 14.7. The summed E-state index contributed by atoms with van der Waals surface area (Å²) in [4.78, 5) is 12.3. The second kappa shape index (κ2) is 8.06. The Morgan fingerprint density at radius 2 is 1.55 bits per heavy atom. The second-order valence-corrected chi connectivity index (χ2v) is 5.96. The fraction of sp³-hybridized carbons (Fsp3) is 0.211. The van der Waals surface area contributed by atoms with Gasteiger partial charge in [0.15, 0.2) is 5.78 Å². The SMILES string of the molecule is C=CC[N+](C)(C)Cc1ccc(C(=O)c2ccccc2)cc1.[Br-]. The molecule has 0 bridgehead atoms. The van der Waals surface area contributed by atoms with E-state index in [1.165, 1.54) is 5.56 Å². The van der Waals surface area contributed by atoms with Crippen LogP contribution in [0.4, 0.5) is 0 Å². The summed E-state index contributed by atoms with van der Waals surface area (Å²) in [6.45, 7) is 5.64. The lowest BCUT2D eigenvalue weighted by molar-refractivity contribution is -0.897. The first-order chi connectivity index (χ1) is 10.0. The van der Waals surface area contributed by atoms with Crippen LogP contribution in [0.2, 0.25) is 0 Å². The van der Waals surface area contributed by atoms with Gasteiger partial charge in [-0.2, -0.15) is 0 Å². The van der Waals surface area contributed by atoms with Gasteiger partial charge in [0.1, 0.15) is 6.54 Å². The van der Waals surface area contributed by atoms with Crippen molar-refractivity contribution in [1.82, 2.24) is 0 Å². The lowest BCUT2D eigenvalue weighted by Gasteiger charge is -2.28. The average Bonchev–Trinajstić information content (AvgIpc) is 2.48. The Kier molecular flexibility index (Phi) is 6.72. The molecule has 0 saturated carbocycles. The van der Waals surface area contributed by atoms with E-state index in [-0.39, 0.29) is 22.8 Å². The topological polar surface area (TPSA) is 17.1 Å². The van der Waals surface area contributed by atoms with Crippen LogP contribution in [0.25, 0.3) is 0 Å². The summed E-state index contributed by atoms with van der Waals surface area (Å²) in [5.74, 6) is 0.0713. The number of ketones is 1. The minimum Gasteiger partial charge on any atom is -1.00 e. The molecule has 0 fully saturated rings. The molecule has 0 aromatic heterocycles. The molecule has 0 N–H and O–H groups in total. The fourth-order valence-electron chi connectivity index (χ4n) is 2.43. The van der Waals surface area contributed by atoms with E-state index in [1.54, 1.807) is 0 Å². The molecule has 0 heterocycles. The first-order valence-corrected chi connectivity index (χ1v) is 7.13. The maximum atomic E-state index is 12.3. The lowest BCUT2D eigenvalue weighted by atomic mass is 10.0. The van der Waals surface area contributed by atoms with Crippen LogP contribution in [0.3, 0.4) is 0 Å². The van der Waals surface area contributed by atoms with Gasteiger partial charge in [-0.25, -0.2) is 0 Å². The van der Waals surface area contributed by atoms with Crippen LogP contribution < -0.4 is 17.0 Å². The molecule has 0 atom stereocenters. The average molecular weight is 360 g/mol. The summed E-state index contributed by atoms with van der Waals surface area (Å²) < 4.78 is 0.857. The van der Waals surface area contributed by atoms with E-state index < -0.39 is 0 Å². The Labute approximate surface area is 143 Å². The van der Waals surface area contributed by atoms with Crippen LogP contribution in [0.1, 0.15) is 21.5 Å². The Hall–Kier alpha value is -1.71. The molecule has 0 aliphatic carbocycles. The molecule has 2 nitrogen and oxygen atoms in total. The Bertz CT molecular complexity index is 618. The van der Waals surface area contributed by atoms with E-state index >= 15 is 0 Å². The van der Waals surface area contributed by atoms with Gasteiger partial charge in [0.2, 0.25) is 0 Å². The number of hydrogen-bond donors (Lipinski definition) is 0. The molecular formula is C19H22BrNO. The van der Waals surface area contributed by atoms with Gasteiger partial charge in [0.05, 0.1) is 20.6 Å². The summed E-state index contributed by atoms with van der Waals surface area (Å²) >= 11 is 0. The third-order valence-electron chi connectivity index (χ3n) is 3.49. The van der Waals surface area contributed by atoms with Gasteiger partial charge < -0.3 is 21.5 Å². The van der Waals surface area contributed by atoms with Gasteiger partial charge in [-0.05, 0) is 6.08 Å². The molecule has 0 unspecified atom stereocenters. The van der Waals surface area contributed by atoms with E-state index in [9.17, 15) is 4.79 Å². The smallest absolute Gasteiger partial charge is 0.193 e. The first kappa shape index (κ1) is 18.3. The van der Waals surface area contributed by atoms with Crippen LogP contribution in [-0.4, -0.2) is 30.9 Å². The highest BCUT2D eigenvalue weighted by Gasteiger charge is 2.14. The first-order valence-electron chi connectivity index (χ1n) is 7.13. The Balaban J connectivity index is 0.00000242. The van der Waals surface area contributed by atoms with Crippen LogP contribution >= 0.6 is 0 Å². The number of benzene rings is 2. The van der Waals surface area contributed by atoms with Crippen molar-refractivity contribution < 1.29 is 26.3 Å². The number of quaternary nitrogens is 1. The maximum absolute atomic E-state index is 12.3. The van der Waals surface area contributed by atoms with E-state index in [0.717, 1.165) is 28.7 Å². The molecule has 2 aromatic carbocycles. The van der Waals surface area contributed by atoms with Crippen LogP contribution in [0.5, 0.6) is 0 Å². The molecule has 0 amide bonds. The number of hydrogen-bond acceptors (Lipinski definition) is 1. The van der Waals surface area contributed by atoms with Gasteiger partial charge in [-0.15, -0.1) is 0 Å². The van der Waals surface area contributed by atoms with Gasteiger partial charge in [0, 0.05) is 16.7 Å². The van der Waals surface area contributed by atoms with Gasteiger partial charge in [0.25, 0.3) is 0 Å². The number of halogens is 1. The van der Waals surface area contributed by atoms with Crippen LogP contribution in [0.15, 0.2) is 67.3 Å². The number of carbonyl (C=O) groups is 1. The van der Waals surface area contributed by atoms with Crippen LogP contribution in [0, 0.1) is 0 Å². The Morgan fingerprint density at radius 1 is 1.00 bits per heavy atom. The normalized spacial score (nSPS) is 10.6.